The number of carbonyl (C=O) groups excluding carboxylic acids is 3. The minimum absolute atomic E-state index is 0.0380. The molecule has 0 unspecified atom stereocenters. The number of benzene rings is 1. The van der Waals surface area contributed by atoms with Gasteiger partial charge in [0.25, 0.3) is 11.5 Å². The highest BCUT2D eigenvalue weighted by atomic mass is 32.1. The van der Waals surface area contributed by atoms with Gasteiger partial charge in [0.05, 0.1) is 17.6 Å². The second kappa shape index (κ2) is 11.7. The zero-order chi connectivity index (χ0) is 25.5. The number of anilines is 1. The molecule has 0 bridgehead atoms. The molecule has 9 nitrogen and oxygen atoms in total. The lowest BCUT2D eigenvalue weighted by molar-refractivity contribution is -0.119. The first-order valence-electron chi connectivity index (χ1n) is 11.5. The predicted octanol–water partition coefficient (Wildman–Crippen LogP) is 4.04. The van der Waals surface area contributed by atoms with Crippen molar-refractivity contribution in [3.63, 3.8) is 0 Å². The smallest absolute Gasteiger partial charge is 0.359 e. The Kier molecular flexibility index (Phi) is 8.75. The van der Waals surface area contributed by atoms with Gasteiger partial charge in [-0.25, -0.2) is 14.3 Å². The number of carbonyl (C=O) groups is 3. The van der Waals surface area contributed by atoms with Gasteiger partial charge in [-0.05, 0) is 42.7 Å². The van der Waals surface area contributed by atoms with E-state index < -0.39 is 24.5 Å². The summed E-state index contributed by atoms with van der Waals surface area (Å²) in [7, 11) is 0. The molecule has 2 aromatic heterocycles. The van der Waals surface area contributed by atoms with E-state index in [2.05, 4.69) is 10.4 Å². The van der Waals surface area contributed by atoms with Crippen molar-refractivity contribution in [2.45, 2.75) is 47.1 Å². The van der Waals surface area contributed by atoms with Gasteiger partial charge in [-0.3, -0.25) is 9.59 Å². The maximum absolute atomic E-state index is 12.8. The van der Waals surface area contributed by atoms with Gasteiger partial charge in [-0.2, -0.15) is 5.10 Å². The zero-order valence-corrected chi connectivity index (χ0v) is 21.1. The van der Waals surface area contributed by atoms with Crippen LogP contribution in [0.25, 0.3) is 10.8 Å². The lowest BCUT2D eigenvalue weighted by atomic mass is 10.0. The standard InChI is InChI=1S/C25H29N3O6S/c1-5-11-28-23(30)18-10-8-7-9-17(18)21(27-28)25(32)34-13-19(29)26-22-20(24(31)33-6-2)16(14-35-22)12-15(3)4/h7-10,14-15H,5-6,11-13H2,1-4H3,(H,26,29). The molecule has 1 amide bonds. The number of fused-ring (bicyclic) bond motifs is 1. The number of nitrogens with one attached hydrogen (secondary N) is 1. The maximum Gasteiger partial charge on any atom is 0.359 e. The monoisotopic (exact) mass is 499 g/mol. The van der Waals surface area contributed by atoms with Crippen LogP contribution in [-0.2, 0) is 27.2 Å². The Morgan fingerprint density at radius 1 is 1.09 bits per heavy atom. The summed E-state index contributed by atoms with van der Waals surface area (Å²) >= 11 is 1.22. The molecular weight excluding hydrogens is 470 g/mol. The van der Waals surface area contributed by atoms with E-state index in [9.17, 15) is 19.2 Å². The molecule has 0 aliphatic rings. The Morgan fingerprint density at radius 3 is 2.46 bits per heavy atom. The Morgan fingerprint density at radius 2 is 1.80 bits per heavy atom. The van der Waals surface area contributed by atoms with Crippen LogP contribution in [0, 0.1) is 5.92 Å². The summed E-state index contributed by atoms with van der Waals surface area (Å²) in [5, 5.41) is 9.71. The average Bonchev–Trinajstić information content (AvgIpc) is 3.20. The van der Waals surface area contributed by atoms with E-state index in [4.69, 9.17) is 9.47 Å². The van der Waals surface area contributed by atoms with Crippen LogP contribution in [0.2, 0.25) is 0 Å². The van der Waals surface area contributed by atoms with Crippen LogP contribution in [0.15, 0.2) is 34.4 Å². The summed E-state index contributed by atoms with van der Waals surface area (Å²) < 4.78 is 11.6. The molecule has 1 N–H and O–H groups in total. The molecule has 0 atom stereocenters. The summed E-state index contributed by atoms with van der Waals surface area (Å²) in [6.07, 6.45) is 1.31. The van der Waals surface area contributed by atoms with E-state index in [1.807, 2.05) is 26.2 Å². The van der Waals surface area contributed by atoms with Crippen LogP contribution in [-0.4, -0.2) is 40.8 Å². The second-order valence-electron chi connectivity index (χ2n) is 8.33. The largest absolute Gasteiger partial charge is 0.462 e. The minimum atomic E-state index is -0.821. The first kappa shape index (κ1) is 26.1. The molecule has 0 aliphatic heterocycles. The molecule has 3 aromatic rings. The number of hydrogen-bond donors (Lipinski definition) is 1. The molecular formula is C25H29N3O6S. The molecule has 1 aromatic carbocycles. The van der Waals surface area contributed by atoms with Gasteiger partial charge >= 0.3 is 11.9 Å². The predicted molar refractivity (Wildman–Crippen MR) is 134 cm³/mol. The number of thiophene rings is 1. The van der Waals surface area contributed by atoms with Gasteiger partial charge < -0.3 is 14.8 Å². The van der Waals surface area contributed by atoms with Gasteiger partial charge in [0.2, 0.25) is 0 Å². The first-order chi connectivity index (χ1) is 16.8. The fourth-order valence-electron chi connectivity index (χ4n) is 3.61. The Labute approximate surface area is 207 Å². The van der Waals surface area contributed by atoms with Crippen molar-refractivity contribution in [3.8, 4) is 0 Å². The van der Waals surface area contributed by atoms with E-state index in [0.29, 0.717) is 46.6 Å². The number of aromatic nitrogens is 2. The molecule has 0 saturated heterocycles. The number of nitrogens with zero attached hydrogens (tertiary/aromatic N) is 2. The van der Waals surface area contributed by atoms with E-state index in [1.54, 1.807) is 31.2 Å². The van der Waals surface area contributed by atoms with Crippen LogP contribution in [0.4, 0.5) is 5.00 Å². The summed E-state index contributed by atoms with van der Waals surface area (Å²) in [5.74, 6) is -1.63. The molecule has 0 aliphatic carbocycles. The molecule has 186 valence electrons. The molecule has 3 rings (SSSR count). The molecule has 0 radical (unpaired) electrons. The van der Waals surface area contributed by atoms with Gasteiger partial charge in [-0.15, -0.1) is 11.3 Å². The highest BCUT2D eigenvalue weighted by Gasteiger charge is 2.23. The summed E-state index contributed by atoms with van der Waals surface area (Å²) in [5.41, 5.74) is 0.788. The third-order valence-electron chi connectivity index (χ3n) is 5.06. The summed E-state index contributed by atoms with van der Waals surface area (Å²) in [6, 6.07) is 6.64. The van der Waals surface area contributed by atoms with Crippen molar-refractivity contribution in [2.75, 3.05) is 18.5 Å². The van der Waals surface area contributed by atoms with Gasteiger partial charge in [0.15, 0.2) is 12.3 Å². The highest BCUT2D eigenvalue weighted by Crippen LogP contribution is 2.31. The van der Waals surface area contributed by atoms with Gasteiger partial charge in [0.1, 0.15) is 5.00 Å². The minimum Gasteiger partial charge on any atom is -0.462 e. The molecule has 0 spiro atoms. The van der Waals surface area contributed by atoms with Crippen molar-refractivity contribution in [1.29, 1.82) is 0 Å². The van der Waals surface area contributed by atoms with Gasteiger partial charge in [-0.1, -0.05) is 39.0 Å². The number of hydrogen-bond acceptors (Lipinski definition) is 8. The summed E-state index contributed by atoms with van der Waals surface area (Å²) in [6.45, 7) is 7.65. The van der Waals surface area contributed by atoms with Crippen molar-refractivity contribution in [3.05, 3.63) is 56.8 Å². The lowest BCUT2D eigenvalue weighted by Gasteiger charge is -2.11. The molecule has 0 saturated carbocycles. The topological polar surface area (TPSA) is 117 Å². The van der Waals surface area contributed by atoms with Crippen molar-refractivity contribution in [1.82, 2.24) is 9.78 Å². The fourth-order valence-corrected chi connectivity index (χ4v) is 4.59. The summed E-state index contributed by atoms with van der Waals surface area (Å²) in [4.78, 5) is 50.5. The quantitative estimate of drug-likeness (QED) is 0.419. The van der Waals surface area contributed by atoms with E-state index in [1.165, 1.54) is 16.0 Å². The zero-order valence-electron chi connectivity index (χ0n) is 20.3. The van der Waals surface area contributed by atoms with Crippen LogP contribution in [0.3, 0.4) is 0 Å². The maximum atomic E-state index is 12.8. The molecule has 2 heterocycles. The number of amides is 1. The Balaban J connectivity index is 1.78. The first-order valence-corrected chi connectivity index (χ1v) is 12.4. The normalized spacial score (nSPS) is 11.0. The number of aryl methyl sites for hydroxylation is 1. The molecule has 35 heavy (non-hydrogen) atoms. The van der Waals surface area contributed by atoms with E-state index in [-0.39, 0.29) is 17.9 Å². The van der Waals surface area contributed by atoms with Crippen molar-refractivity contribution >= 4 is 45.0 Å². The third-order valence-corrected chi connectivity index (χ3v) is 6.00. The number of rotatable bonds is 10. The lowest BCUT2D eigenvalue weighted by Crippen LogP contribution is -2.27. The highest BCUT2D eigenvalue weighted by molar-refractivity contribution is 7.15. The Bertz CT molecular complexity index is 1290. The van der Waals surface area contributed by atoms with E-state index >= 15 is 0 Å². The van der Waals surface area contributed by atoms with Crippen LogP contribution in [0.1, 0.15) is 60.5 Å². The molecule has 0 fully saturated rings. The van der Waals surface area contributed by atoms with Crippen molar-refractivity contribution in [2.24, 2.45) is 5.92 Å². The SMILES string of the molecule is CCCn1nc(C(=O)OCC(=O)Nc2scc(CC(C)C)c2C(=O)OCC)c2ccccc2c1=O. The average molecular weight is 500 g/mol. The number of ether oxygens (including phenoxy) is 2. The van der Waals surface area contributed by atoms with Crippen molar-refractivity contribution < 1.29 is 23.9 Å². The third kappa shape index (κ3) is 6.13. The Hall–Kier alpha value is -3.53. The van der Waals surface area contributed by atoms with Crippen LogP contribution < -0.4 is 10.9 Å². The van der Waals surface area contributed by atoms with E-state index in [0.717, 1.165) is 5.56 Å². The second-order valence-corrected chi connectivity index (χ2v) is 9.21. The number of esters is 2. The van der Waals surface area contributed by atoms with Crippen LogP contribution >= 0.6 is 11.3 Å². The molecule has 10 heteroatoms. The van der Waals surface area contributed by atoms with Gasteiger partial charge in [0, 0.05) is 11.9 Å². The van der Waals surface area contributed by atoms with Crippen LogP contribution in [0.5, 0.6) is 0 Å². The fraction of sp³-hybridized carbons (Fsp3) is 0.400.